The van der Waals surface area contributed by atoms with E-state index in [0.29, 0.717) is 11.3 Å². The van der Waals surface area contributed by atoms with E-state index in [0.717, 1.165) is 0 Å². The van der Waals surface area contributed by atoms with Crippen LogP contribution in [0.15, 0.2) is 41.0 Å². The molecule has 0 aliphatic heterocycles. The van der Waals surface area contributed by atoms with Gasteiger partial charge in [-0.1, -0.05) is 23.7 Å². The summed E-state index contributed by atoms with van der Waals surface area (Å²) in [6.45, 7) is 0. The second kappa shape index (κ2) is 4.65. The molecular weight excluding hydrogens is 231 g/mol. The van der Waals surface area contributed by atoms with Crippen molar-refractivity contribution in [2.75, 3.05) is 0 Å². The lowest BCUT2D eigenvalue weighted by Crippen LogP contribution is -2.28. The highest BCUT2D eigenvalue weighted by Crippen LogP contribution is 2.29. The highest BCUT2D eigenvalue weighted by atomic mass is 35.5. The molecule has 3 N–H and O–H groups in total. The first-order valence-electron chi connectivity index (χ1n) is 4.67. The second-order valence-electron chi connectivity index (χ2n) is 3.26. The van der Waals surface area contributed by atoms with Gasteiger partial charge in [-0.2, -0.15) is 0 Å². The average molecular weight is 241 g/mol. The molecule has 1 aromatic heterocycles. The Morgan fingerprint density at radius 2 is 2.12 bits per heavy atom. The number of hydrazine groups is 1. The summed E-state index contributed by atoms with van der Waals surface area (Å²) < 4.78 is 18.5. The van der Waals surface area contributed by atoms with Gasteiger partial charge in [-0.05, 0) is 23.8 Å². The van der Waals surface area contributed by atoms with Crippen molar-refractivity contribution in [3.8, 4) is 0 Å². The normalized spacial score (nSPS) is 12.7. The molecule has 2 rings (SSSR count). The van der Waals surface area contributed by atoms with Gasteiger partial charge in [0.25, 0.3) is 0 Å². The SMILES string of the molecule is NNC(c1ccco1)c1cccc(F)c1Cl. The molecule has 0 aliphatic carbocycles. The van der Waals surface area contributed by atoms with E-state index in [4.69, 9.17) is 21.9 Å². The highest BCUT2D eigenvalue weighted by Gasteiger charge is 2.19. The van der Waals surface area contributed by atoms with Crippen LogP contribution in [-0.2, 0) is 0 Å². The van der Waals surface area contributed by atoms with E-state index < -0.39 is 11.9 Å². The predicted molar refractivity (Wildman–Crippen MR) is 59.3 cm³/mol. The van der Waals surface area contributed by atoms with E-state index >= 15 is 0 Å². The summed E-state index contributed by atoms with van der Waals surface area (Å²) in [5.74, 6) is 5.52. The summed E-state index contributed by atoms with van der Waals surface area (Å²) in [7, 11) is 0. The van der Waals surface area contributed by atoms with Crippen LogP contribution in [0, 0.1) is 5.82 Å². The fourth-order valence-corrected chi connectivity index (χ4v) is 1.76. The summed E-state index contributed by atoms with van der Waals surface area (Å²) in [5.41, 5.74) is 3.08. The smallest absolute Gasteiger partial charge is 0.142 e. The van der Waals surface area contributed by atoms with Gasteiger partial charge >= 0.3 is 0 Å². The van der Waals surface area contributed by atoms with E-state index in [1.54, 1.807) is 24.3 Å². The number of furan rings is 1. The molecule has 0 spiro atoms. The minimum absolute atomic E-state index is 0.0434. The van der Waals surface area contributed by atoms with E-state index in [2.05, 4.69) is 5.43 Å². The van der Waals surface area contributed by atoms with E-state index in [1.807, 2.05) is 0 Å². The van der Waals surface area contributed by atoms with Crippen LogP contribution in [0.25, 0.3) is 0 Å². The Hall–Kier alpha value is -1.36. The lowest BCUT2D eigenvalue weighted by molar-refractivity contribution is 0.451. The molecule has 1 atom stereocenters. The molecule has 1 heterocycles. The second-order valence-corrected chi connectivity index (χ2v) is 3.64. The maximum Gasteiger partial charge on any atom is 0.142 e. The van der Waals surface area contributed by atoms with Gasteiger partial charge in [-0.15, -0.1) is 0 Å². The fraction of sp³-hybridized carbons (Fsp3) is 0.0909. The van der Waals surface area contributed by atoms with Crippen molar-refractivity contribution >= 4 is 11.6 Å². The zero-order valence-electron chi connectivity index (χ0n) is 8.28. The molecule has 0 saturated heterocycles. The number of rotatable bonds is 3. The van der Waals surface area contributed by atoms with Crippen molar-refractivity contribution in [2.24, 2.45) is 5.84 Å². The van der Waals surface area contributed by atoms with E-state index in [-0.39, 0.29) is 5.02 Å². The Bertz CT molecular complexity index is 473. The fourth-order valence-electron chi connectivity index (χ4n) is 1.52. The average Bonchev–Trinajstić information content (AvgIpc) is 2.79. The van der Waals surface area contributed by atoms with Gasteiger partial charge in [-0.3, -0.25) is 5.84 Å². The van der Waals surface area contributed by atoms with Crippen LogP contribution in [0.4, 0.5) is 4.39 Å². The third-order valence-corrected chi connectivity index (χ3v) is 2.69. The Labute approximate surface area is 97.0 Å². The van der Waals surface area contributed by atoms with Crippen molar-refractivity contribution in [3.63, 3.8) is 0 Å². The van der Waals surface area contributed by atoms with Crippen LogP contribution in [0.2, 0.25) is 5.02 Å². The quantitative estimate of drug-likeness (QED) is 0.641. The third kappa shape index (κ3) is 1.95. The zero-order valence-corrected chi connectivity index (χ0v) is 9.04. The number of hydrogen-bond acceptors (Lipinski definition) is 3. The first-order chi connectivity index (χ1) is 7.74. The molecule has 0 bridgehead atoms. The summed E-state index contributed by atoms with van der Waals surface area (Å²) in [6.07, 6.45) is 1.52. The van der Waals surface area contributed by atoms with Gasteiger partial charge in [0.05, 0.1) is 11.3 Å². The van der Waals surface area contributed by atoms with Crippen LogP contribution in [0.1, 0.15) is 17.4 Å². The van der Waals surface area contributed by atoms with Crippen LogP contribution in [0.5, 0.6) is 0 Å². The number of nitrogens with two attached hydrogens (primary N) is 1. The first kappa shape index (κ1) is 11.1. The standard InChI is InChI=1S/C11H10ClFN2O/c12-10-7(3-1-4-8(10)13)11(15-14)9-5-2-6-16-9/h1-6,11,15H,14H2. The van der Waals surface area contributed by atoms with Crippen LogP contribution in [0.3, 0.4) is 0 Å². The van der Waals surface area contributed by atoms with Gasteiger partial charge in [0.15, 0.2) is 0 Å². The number of hydrogen-bond donors (Lipinski definition) is 2. The summed E-state index contributed by atoms with van der Waals surface area (Å²) in [5, 5.41) is 0.0434. The summed E-state index contributed by atoms with van der Waals surface area (Å²) >= 11 is 5.87. The first-order valence-corrected chi connectivity index (χ1v) is 5.05. The van der Waals surface area contributed by atoms with Gasteiger partial charge in [0.1, 0.15) is 17.6 Å². The van der Waals surface area contributed by atoms with Crippen molar-refractivity contribution in [1.29, 1.82) is 0 Å². The molecule has 0 radical (unpaired) electrons. The number of nitrogens with one attached hydrogen (secondary N) is 1. The summed E-state index contributed by atoms with van der Waals surface area (Å²) in [4.78, 5) is 0. The van der Waals surface area contributed by atoms with E-state index in [9.17, 15) is 4.39 Å². The molecular formula is C11H10ClFN2O. The maximum absolute atomic E-state index is 13.3. The van der Waals surface area contributed by atoms with Crippen molar-refractivity contribution in [3.05, 3.63) is 58.8 Å². The lowest BCUT2D eigenvalue weighted by atomic mass is 10.1. The minimum atomic E-state index is -0.481. The van der Waals surface area contributed by atoms with Gasteiger partial charge in [0, 0.05) is 0 Å². The monoisotopic (exact) mass is 240 g/mol. The van der Waals surface area contributed by atoms with Crippen molar-refractivity contribution in [2.45, 2.75) is 6.04 Å². The minimum Gasteiger partial charge on any atom is -0.467 e. The van der Waals surface area contributed by atoms with Crippen LogP contribution < -0.4 is 11.3 Å². The van der Waals surface area contributed by atoms with Gasteiger partial charge in [0.2, 0.25) is 0 Å². The molecule has 84 valence electrons. The number of halogens is 2. The molecule has 1 aromatic carbocycles. The lowest BCUT2D eigenvalue weighted by Gasteiger charge is -2.15. The zero-order chi connectivity index (χ0) is 11.5. The van der Waals surface area contributed by atoms with Crippen molar-refractivity contribution in [1.82, 2.24) is 5.43 Å². The van der Waals surface area contributed by atoms with Gasteiger partial charge in [-0.25, -0.2) is 9.82 Å². The Morgan fingerprint density at radius 3 is 2.75 bits per heavy atom. The molecule has 0 fully saturated rings. The van der Waals surface area contributed by atoms with Crippen LogP contribution >= 0.6 is 11.6 Å². The molecule has 0 amide bonds. The van der Waals surface area contributed by atoms with Crippen LogP contribution in [-0.4, -0.2) is 0 Å². The van der Waals surface area contributed by atoms with Crippen molar-refractivity contribution < 1.29 is 8.81 Å². The molecule has 3 nitrogen and oxygen atoms in total. The maximum atomic E-state index is 13.3. The third-order valence-electron chi connectivity index (χ3n) is 2.29. The Morgan fingerprint density at radius 1 is 1.31 bits per heavy atom. The molecule has 5 heteroatoms. The Balaban J connectivity index is 2.45. The Kier molecular flexibility index (Phi) is 3.24. The highest BCUT2D eigenvalue weighted by molar-refractivity contribution is 6.31. The predicted octanol–water partition coefficient (Wildman–Crippen LogP) is 2.62. The molecule has 16 heavy (non-hydrogen) atoms. The molecule has 0 aliphatic rings. The number of benzene rings is 1. The van der Waals surface area contributed by atoms with Gasteiger partial charge < -0.3 is 4.42 Å². The molecule has 0 saturated carbocycles. The molecule has 2 aromatic rings. The molecule has 1 unspecified atom stereocenters. The topological polar surface area (TPSA) is 51.2 Å². The van der Waals surface area contributed by atoms with E-state index in [1.165, 1.54) is 12.3 Å². The largest absolute Gasteiger partial charge is 0.467 e. The summed E-state index contributed by atoms with van der Waals surface area (Å²) in [6, 6.07) is 7.57.